The van der Waals surface area contributed by atoms with E-state index in [0.29, 0.717) is 0 Å². The zero-order valence-corrected chi connectivity index (χ0v) is 15.7. The first-order valence-electron chi connectivity index (χ1n) is 8.91. The second kappa shape index (κ2) is 6.51. The Balaban J connectivity index is 1.48. The van der Waals surface area contributed by atoms with E-state index in [2.05, 4.69) is 14.8 Å². The maximum Gasteiger partial charge on any atom is 0.238 e. The SMILES string of the molecule is Cc1nc2c(c(N3CCN(c4ccc(S(N)(=O)=O)cc4)CC3)n1)CCC2. The van der Waals surface area contributed by atoms with Crippen molar-refractivity contribution in [1.82, 2.24) is 9.97 Å². The molecule has 2 heterocycles. The van der Waals surface area contributed by atoms with Gasteiger partial charge in [-0.25, -0.2) is 23.5 Å². The summed E-state index contributed by atoms with van der Waals surface area (Å²) in [6.45, 7) is 5.48. The molecule has 138 valence electrons. The van der Waals surface area contributed by atoms with Gasteiger partial charge in [-0.1, -0.05) is 0 Å². The molecule has 1 saturated heterocycles. The van der Waals surface area contributed by atoms with Crippen LogP contribution in [-0.4, -0.2) is 44.6 Å². The molecule has 0 bridgehead atoms. The van der Waals surface area contributed by atoms with Gasteiger partial charge in [0, 0.05) is 43.1 Å². The lowest BCUT2D eigenvalue weighted by atomic mass is 10.2. The third-order valence-corrected chi connectivity index (χ3v) is 6.06. The number of sulfonamides is 1. The molecular weight excluding hydrogens is 350 g/mol. The molecule has 0 amide bonds. The van der Waals surface area contributed by atoms with Crippen LogP contribution in [0.25, 0.3) is 0 Å². The smallest absolute Gasteiger partial charge is 0.238 e. The molecule has 2 aromatic rings. The van der Waals surface area contributed by atoms with Crippen molar-refractivity contribution in [3.05, 3.63) is 41.3 Å². The summed E-state index contributed by atoms with van der Waals surface area (Å²) in [5, 5.41) is 5.16. The minimum Gasteiger partial charge on any atom is -0.368 e. The van der Waals surface area contributed by atoms with Gasteiger partial charge >= 0.3 is 0 Å². The summed E-state index contributed by atoms with van der Waals surface area (Å²) in [4.78, 5) is 14.1. The summed E-state index contributed by atoms with van der Waals surface area (Å²) in [6.07, 6.45) is 3.29. The van der Waals surface area contributed by atoms with Gasteiger partial charge in [-0.2, -0.15) is 0 Å². The number of hydrogen-bond acceptors (Lipinski definition) is 6. The number of aryl methyl sites for hydroxylation is 2. The molecular formula is C18H23N5O2S. The van der Waals surface area contributed by atoms with Crippen LogP contribution in [0.2, 0.25) is 0 Å². The van der Waals surface area contributed by atoms with Gasteiger partial charge in [-0.05, 0) is 50.5 Å². The van der Waals surface area contributed by atoms with Crippen LogP contribution in [-0.2, 0) is 22.9 Å². The van der Waals surface area contributed by atoms with E-state index < -0.39 is 10.0 Å². The van der Waals surface area contributed by atoms with E-state index in [9.17, 15) is 8.42 Å². The number of aromatic nitrogens is 2. The highest BCUT2D eigenvalue weighted by molar-refractivity contribution is 7.89. The van der Waals surface area contributed by atoms with E-state index in [1.807, 2.05) is 19.1 Å². The fourth-order valence-electron chi connectivity index (χ4n) is 3.82. The van der Waals surface area contributed by atoms with Crippen molar-refractivity contribution >= 4 is 21.5 Å². The molecule has 1 aromatic heterocycles. The van der Waals surface area contributed by atoms with Crippen LogP contribution in [0, 0.1) is 6.92 Å². The molecule has 0 atom stereocenters. The first-order valence-corrected chi connectivity index (χ1v) is 10.5. The number of hydrogen-bond donors (Lipinski definition) is 1. The van der Waals surface area contributed by atoms with Crippen molar-refractivity contribution in [1.29, 1.82) is 0 Å². The highest BCUT2D eigenvalue weighted by Crippen LogP contribution is 2.30. The van der Waals surface area contributed by atoms with Gasteiger partial charge in [0.05, 0.1) is 4.90 Å². The van der Waals surface area contributed by atoms with Crippen LogP contribution in [0.1, 0.15) is 23.5 Å². The number of nitrogens with zero attached hydrogens (tertiary/aromatic N) is 4. The lowest BCUT2D eigenvalue weighted by Gasteiger charge is -2.37. The molecule has 0 radical (unpaired) electrons. The molecule has 1 fully saturated rings. The van der Waals surface area contributed by atoms with Crippen molar-refractivity contribution < 1.29 is 8.42 Å². The molecule has 26 heavy (non-hydrogen) atoms. The first-order chi connectivity index (χ1) is 12.4. The van der Waals surface area contributed by atoms with Crippen LogP contribution in [0.3, 0.4) is 0 Å². The summed E-state index contributed by atoms with van der Waals surface area (Å²) in [5.74, 6) is 1.95. The zero-order chi connectivity index (χ0) is 18.3. The second-order valence-electron chi connectivity index (χ2n) is 6.89. The second-order valence-corrected chi connectivity index (χ2v) is 8.45. The molecule has 0 unspecified atom stereocenters. The number of nitrogens with two attached hydrogens (primary N) is 1. The maximum absolute atomic E-state index is 11.4. The van der Waals surface area contributed by atoms with Crippen molar-refractivity contribution in [3.63, 3.8) is 0 Å². The number of benzene rings is 1. The maximum atomic E-state index is 11.4. The third kappa shape index (κ3) is 3.26. The molecule has 0 spiro atoms. The monoisotopic (exact) mass is 373 g/mol. The minimum absolute atomic E-state index is 0.145. The summed E-state index contributed by atoms with van der Waals surface area (Å²) >= 11 is 0. The molecule has 4 rings (SSSR count). The zero-order valence-electron chi connectivity index (χ0n) is 14.9. The van der Waals surface area contributed by atoms with Crippen molar-refractivity contribution in [2.45, 2.75) is 31.1 Å². The van der Waals surface area contributed by atoms with Gasteiger partial charge in [0.1, 0.15) is 11.6 Å². The number of fused-ring (bicyclic) bond motifs is 1. The van der Waals surface area contributed by atoms with E-state index in [1.54, 1.807) is 12.1 Å². The van der Waals surface area contributed by atoms with Gasteiger partial charge in [0.25, 0.3) is 0 Å². The fraction of sp³-hybridized carbons (Fsp3) is 0.444. The number of piperazine rings is 1. The lowest BCUT2D eigenvalue weighted by molar-refractivity contribution is 0.597. The quantitative estimate of drug-likeness (QED) is 0.870. The minimum atomic E-state index is -3.65. The van der Waals surface area contributed by atoms with Crippen molar-refractivity contribution in [2.24, 2.45) is 5.14 Å². The van der Waals surface area contributed by atoms with Crippen molar-refractivity contribution in [3.8, 4) is 0 Å². The van der Waals surface area contributed by atoms with Crippen LogP contribution in [0.15, 0.2) is 29.2 Å². The molecule has 1 aliphatic heterocycles. The van der Waals surface area contributed by atoms with E-state index in [4.69, 9.17) is 10.1 Å². The first kappa shape index (κ1) is 17.2. The van der Waals surface area contributed by atoms with E-state index >= 15 is 0 Å². The molecule has 2 N–H and O–H groups in total. The van der Waals surface area contributed by atoms with Crippen molar-refractivity contribution in [2.75, 3.05) is 36.0 Å². The topological polar surface area (TPSA) is 92.4 Å². The van der Waals surface area contributed by atoms with Gasteiger partial charge < -0.3 is 9.80 Å². The molecule has 2 aliphatic rings. The average molecular weight is 373 g/mol. The van der Waals surface area contributed by atoms with Crippen LogP contribution >= 0.6 is 0 Å². The normalized spacial score (nSPS) is 17.5. The third-order valence-electron chi connectivity index (χ3n) is 5.13. The number of rotatable bonds is 3. The molecule has 1 aromatic carbocycles. The highest BCUT2D eigenvalue weighted by atomic mass is 32.2. The Kier molecular flexibility index (Phi) is 4.32. The fourth-order valence-corrected chi connectivity index (χ4v) is 4.33. The number of anilines is 2. The van der Waals surface area contributed by atoms with E-state index in [1.165, 1.54) is 11.3 Å². The van der Waals surface area contributed by atoms with E-state index in [0.717, 1.165) is 62.8 Å². The molecule has 0 saturated carbocycles. The summed E-state index contributed by atoms with van der Waals surface area (Å²) in [6, 6.07) is 6.78. The Morgan fingerprint density at radius 3 is 2.27 bits per heavy atom. The summed E-state index contributed by atoms with van der Waals surface area (Å²) in [5.41, 5.74) is 3.55. The van der Waals surface area contributed by atoms with Gasteiger partial charge in [0.15, 0.2) is 0 Å². The predicted octanol–water partition coefficient (Wildman–Crippen LogP) is 1.25. The van der Waals surface area contributed by atoms with Gasteiger partial charge in [-0.15, -0.1) is 0 Å². The standard InChI is InChI=1S/C18H23N5O2S/c1-13-20-17-4-2-3-16(17)18(21-13)23-11-9-22(10-12-23)14-5-7-15(8-6-14)26(19,24)25/h5-8H,2-4,9-12H2,1H3,(H2,19,24,25). The lowest BCUT2D eigenvalue weighted by Crippen LogP contribution is -2.47. The van der Waals surface area contributed by atoms with Gasteiger partial charge in [0.2, 0.25) is 10.0 Å². The van der Waals surface area contributed by atoms with E-state index in [-0.39, 0.29) is 4.90 Å². The highest BCUT2D eigenvalue weighted by Gasteiger charge is 2.25. The summed E-state index contributed by atoms with van der Waals surface area (Å²) in [7, 11) is -3.65. The number of primary sulfonamides is 1. The predicted molar refractivity (Wildman–Crippen MR) is 101 cm³/mol. The largest absolute Gasteiger partial charge is 0.368 e. The van der Waals surface area contributed by atoms with Gasteiger partial charge in [-0.3, -0.25) is 0 Å². The Labute approximate surface area is 153 Å². The Hall–Kier alpha value is -2.19. The Morgan fingerprint density at radius 1 is 0.962 bits per heavy atom. The molecule has 1 aliphatic carbocycles. The van der Waals surface area contributed by atoms with Crippen LogP contribution in [0.4, 0.5) is 11.5 Å². The summed E-state index contributed by atoms with van der Waals surface area (Å²) < 4.78 is 22.8. The molecule has 7 nitrogen and oxygen atoms in total. The Bertz CT molecular complexity index is 919. The molecule has 8 heteroatoms. The Morgan fingerprint density at radius 2 is 1.62 bits per heavy atom. The average Bonchev–Trinajstić information content (AvgIpc) is 3.09. The van der Waals surface area contributed by atoms with Crippen LogP contribution in [0.5, 0.6) is 0 Å². The van der Waals surface area contributed by atoms with Crippen LogP contribution < -0.4 is 14.9 Å².